The molecule has 0 saturated heterocycles. The van der Waals surface area contributed by atoms with Crippen LogP contribution in [0.5, 0.6) is 11.5 Å². The molecule has 0 bridgehead atoms. The largest absolute Gasteiger partial charge is 0.494 e. The zero-order chi connectivity index (χ0) is 39.0. The Kier molecular flexibility index (Phi) is 15.7. The fourth-order valence-corrected chi connectivity index (χ4v) is 8.57. The summed E-state index contributed by atoms with van der Waals surface area (Å²) in [6, 6.07) is 30.0. The smallest absolute Gasteiger partial charge is 0.119 e. The van der Waals surface area contributed by atoms with Gasteiger partial charge in [0.05, 0.1) is 24.3 Å². The molecule has 4 heteroatoms. The summed E-state index contributed by atoms with van der Waals surface area (Å²) in [5, 5.41) is 30.9. The number of ether oxygens (including phenoxy) is 2. The van der Waals surface area contributed by atoms with E-state index in [1.54, 1.807) is 0 Å². The molecule has 0 N–H and O–H groups in total. The van der Waals surface area contributed by atoms with Crippen LogP contribution in [0.15, 0.2) is 72.8 Å². The maximum absolute atomic E-state index is 9.97. The molecule has 0 spiro atoms. The molecule has 0 radical (unpaired) electrons. The van der Waals surface area contributed by atoms with Gasteiger partial charge in [-0.1, -0.05) is 166 Å². The molecule has 0 heterocycles. The predicted octanol–water partition coefficient (Wildman–Crippen LogP) is 15.8. The molecule has 6 rings (SSSR count). The fourth-order valence-electron chi connectivity index (χ4n) is 8.57. The maximum Gasteiger partial charge on any atom is 0.119 e. The first-order valence-corrected chi connectivity index (χ1v) is 22.0. The van der Waals surface area contributed by atoms with Gasteiger partial charge in [-0.3, -0.25) is 0 Å². The number of rotatable bonds is 24. The van der Waals surface area contributed by atoms with Crippen molar-refractivity contribution in [3.63, 3.8) is 0 Å². The first-order valence-electron chi connectivity index (χ1n) is 22.0. The Labute approximate surface area is 335 Å². The van der Waals surface area contributed by atoms with Gasteiger partial charge >= 0.3 is 0 Å². The minimum Gasteiger partial charge on any atom is -0.494 e. The third-order valence-electron chi connectivity index (χ3n) is 11.7. The van der Waals surface area contributed by atoms with Crippen LogP contribution in [0, 0.1) is 22.7 Å². The Morgan fingerprint density at radius 3 is 1.07 bits per heavy atom. The second-order valence-electron chi connectivity index (χ2n) is 16.0. The number of unbranched alkanes of at least 4 members (excludes halogenated alkanes) is 18. The topological polar surface area (TPSA) is 66.0 Å². The van der Waals surface area contributed by atoms with Crippen molar-refractivity contribution >= 4 is 53.9 Å². The van der Waals surface area contributed by atoms with E-state index in [2.05, 4.69) is 86.6 Å². The van der Waals surface area contributed by atoms with Gasteiger partial charge < -0.3 is 9.47 Å². The van der Waals surface area contributed by atoms with Gasteiger partial charge in [-0.15, -0.1) is 0 Å². The number of fused-ring (bicyclic) bond motifs is 10. The summed E-state index contributed by atoms with van der Waals surface area (Å²) in [6.07, 6.45) is 26.2. The normalized spacial score (nSPS) is 11.5. The van der Waals surface area contributed by atoms with Crippen molar-refractivity contribution in [3.05, 3.63) is 83.9 Å². The van der Waals surface area contributed by atoms with Gasteiger partial charge in [0.2, 0.25) is 0 Å². The highest BCUT2D eigenvalue weighted by Gasteiger charge is 2.17. The molecule has 0 atom stereocenters. The summed E-state index contributed by atoms with van der Waals surface area (Å²) >= 11 is 0. The van der Waals surface area contributed by atoms with Crippen molar-refractivity contribution in [2.24, 2.45) is 0 Å². The van der Waals surface area contributed by atoms with Crippen molar-refractivity contribution < 1.29 is 9.47 Å². The quantitative estimate of drug-likeness (QED) is 0.0457. The Morgan fingerprint density at radius 1 is 0.375 bits per heavy atom. The van der Waals surface area contributed by atoms with Crippen molar-refractivity contribution in [3.8, 4) is 23.6 Å². The van der Waals surface area contributed by atoms with E-state index in [0.29, 0.717) is 11.1 Å². The van der Waals surface area contributed by atoms with Crippen LogP contribution in [0.25, 0.3) is 53.9 Å². The highest BCUT2D eigenvalue weighted by molar-refractivity contribution is 6.36. The van der Waals surface area contributed by atoms with E-state index in [0.717, 1.165) is 91.4 Å². The van der Waals surface area contributed by atoms with Crippen LogP contribution in [0.3, 0.4) is 0 Å². The lowest BCUT2D eigenvalue weighted by Gasteiger charge is -2.17. The Balaban J connectivity index is 1.21. The number of hydrogen-bond donors (Lipinski definition) is 0. The zero-order valence-electron chi connectivity index (χ0n) is 34.2. The average Bonchev–Trinajstić information content (AvgIpc) is 3.23. The van der Waals surface area contributed by atoms with Crippen LogP contribution in [0.2, 0.25) is 0 Å². The minimum absolute atomic E-state index is 0.404. The monoisotopic (exact) mass is 746 g/mol. The van der Waals surface area contributed by atoms with E-state index < -0.39 is 0 Å². The number of hydrogen-bond acceptors (Lipinski definition) is 4. The van der Waals surface area contributed by atoms with Crippen LogP contribution in [-0.4, -0.2) is 13.2 Å². The zero-order valence-corrected chi connectivity index (χ0v) is 34.2. The van der Waals surface area contributed by atoms with Crippen LogP contribution < -0.4 is 9.47 Å². The lowest BCUT2D eigenvalue weighted by molar-refractivity contribution is 0.304. The molecule has 4 nitrogen and oxygen atoms in total. The lowest BCUT2D eigenvalue weighted by Crippen LogP contribution is -1.98. The summed E-state index contributed by atoms with van der Waals surface area (Å²) in [5.74, 6) is 1.80. The first kappa shape index (κ1) is 40.9. The molecule has 6 aromatic carbocycles. The van der Waals surface area contributed by atoms with E-state index in [9.17, 15) is 10.5 Å². The number of nitrogens with zero attached hydrogens (tertiary/aromatic N) is 2. The average molecular weight is 747 g/mol. The molecular weight excluding hydrogens is 685 g/mol. The highest BCUT2D eigenvalue weighted by Crippen LogP contribution is 2.43. The Hall–Kier alpha value is -4.80. The fraction of sp³-hybridized carbons (Fsp3) is 0.462. The van der Waals surface area contributed by atoms with Crippen molar-refractivity contribution in [1.82, 2.24) is 0 Å². The Morgan fingerprint density at radius 2 is 0.714 bits per heavy atom. The summed E-state index contributed by atoms with van der Waals surface area (Å²) in [6.45, 7) is 6.01. The second kappa shape index (κ2) is 21.5. The number of nitriles is 2. The van der Waals surface area contributed by atoms with E-state index in [-0.39, 0.29) is 0 Å². The molecule has 0 saturated carbocycles. The highest BCUT2D eigenvalue weighted by atomic mass is 16.5. The third kappa shape index (κ3) is 10.3. The first-order chi connectivity index (χ1) is 27.7. The van der Waals surface area contributed by atoms with Gasteiger partial charge in [0.15, 0.2) is 0 Å². The minimum atomic E-state index is 0.404. The molecule has 0 aliphatic rings. The van der Waals surface area contributed by atoms with Gasteiger partial charge in [-0.2, -0.15) is 10.5 Å². The van der Waals surface area contributed by atoms with Gasteiger partial charge in [0.25, 0.3) is 0 Å². The van der Waals surface area contributed by atoms with E-state index in [1.165, 1.54) is 116 Å². The summed E-state index contributed by atoms with van der Waals surface area (Å²) < 4.78 is 12.6. The van der Waals surface area contributed by atoms with E-state index in [4.69, 9.17) is 9.47 Å². The van der Waals surface area contributed by atoms with Crippen LogP contribution in [0.4, 0.5) is 0 Å². The van der Waals surface area contributed by atoms with Gasteiger partial charge in [0.1, 0.15) is 23.6 Å². The molecule has 0 fully saturated rings. The van der Waals surface area contributed by atoms with Crippen molar-refractivity contribution in [2.45, 2.75) is 142 Å². The van der Waals surface area contributed by atoms with Crippen molar-refractivity contribution in [2.75, 3.05) is 13.2 Å². The molecule has 0 aliphatic heterocycles. The lowest BCUT2D eigenvalue weighted by atomic mass is 9.87. The standard InChI is InChI=1S/C52H62N2O2/c1-3-5-7-9-11-13-15-17-19-21-31-55-43-25-29-45-39(33-43)23-27-47-49-35-41(37-53)42(38-54)36-50(49)48-28-24-40-34-44(26-30-46(40)52(48)51(45)47)56-32-22-20-18-16-14-12-10-8-6-4-2/h23-30,33-36H,3-22,31-32H2,1-2H3. The van der Waals surface area contributed by atoms with Crippen LogP contribution in [0.1, 0.15) is 153 Å². The van der Waals surface area contributed by atoms with E-state index in [1.807, 2.05) is 12.1 Å². The van der Waals surface area contributed by atoms with Crippen molar-refractivity contribution in [1.29, 1.82) is 10.5 Å². The molecule has 292 valence electrons. The van der Waals surface area contributed by atoms with Gasteiger partial charge in [-0.05, 0) is 103 Å². The predicted molar refractivity (Wildman–Crippen MR) is 238 cm³/mol. The van der Waals surface area contributed by atoms with Gasteiger partial charge in [-0.25, -0.2) is 0 Å². The summed E-state index contributed by atoms with van der Waals surface area (Å²) in [4.78, 5) is 0. The van der Waals surface area contributed by atoms with Crippen LogP contribution in [-0.2, 0) is 0 Å². The maximum atomic E-state index is 9.97. The molecule has 0 aliphatic carbocycles. The van der Waals surface area contributed by atoms with Crippen LogP contribution >= 0.6 is 0 Å². The molecule has 0 amide bonds. The molecular formula is C52H62N2O2. The number of benzene rings is 6. The molecule has 6 aromatic rings. The summed E-state index contributed by atoms with van der Waals surface area (Å²) in [7, 11) is 0. The SMILES string of the molecule is CCCCCCCCCCCCOc1ccc2c(ccc3c4cc(C#N)c(C#N)cc4c4ccc5cc(OCCCCCCCCCCCC)ccc5c4c23)c1. The molecule has 0 unspecified atom stereocenters. The molecule has 0 aromatic heterocycles. The summed E-state index contributed by atoms with van der Waals surface area (Å²) in [5.41, 5.74) is 0.808. The van der Waals surface area contributed by atoms with E-state index >= 15 is 0 Å². The molecule has 56 heavy (non-hydrogen) atoms. The third-order valence-corrected chi connectivity index (χ3v) is 11.7. The second-order valence-corrected chi connectivity index (χ2v) is 16.0. The Bertz CT molecular complexity index is 2130. The van der Waals surface area contributed by atoms with Gasteiger partial charge in [0, 0.05) is 0 Å².